The first-order valence-electron chi connectivity index (χ1n) is 16.5. The van der Waals surface area contributed by atoms with Crippen LogP contribution in [-0.2, 0) is 0 Å². The smallest absolute Gasteiger partial charge is 0.0903 e. The van der Waals surface area contributed by atoms with Gasteiger partial charge in [-0.3, -0.25) is 5.41 Å². The highest BCUT2D eigenvalue weighted by Crippen LogP contribution is 2.37. The van der Waals surface area contributed by atoms with Gasteiger partial charge in [0.25, 0.3) is 0 Å². The van der Waals surface area contributed by atoms with Crippen molar-refractivity contribution in [3.05, 3.63) is 219 Å². The van der Waals surface area contributed by atoms with Gasteiger partial charge in [0.15, 0.2) is 0 Å². The second-order valence-electron chi connectivity index (χ2n) is 12.2. The lowest BCUT2D eigenvalue weighted by atomic mass is 9.95. The van der Waals surface area contributed by atoms with E-state index in [-0.39, 0.29) is 0 Å². The van der Waals surface area contributed by atoms with Crippen LogP contribution in [0.1, 0.15) is 22.3 Å². The van der Waals surface area contributed by atoms with Gasteiger partial charge in [-0.15, -0.1) is 0 Å². The van der Waals surface area contributed by atoms with Crippen LogP contribution in [0.25, 0.3) is 22.3 Å². The largest absolute Gasteiger partial charge is 0.354 e. The molecule has 0 aliphatic carbocycles. The first-order chi connectivity index (χ1) is 24.7. The molecule has 0 fully saturated rings. The third-order valence-corrected chi connectivity index (χ3v) is 9.18. The summed E-state index contributed by atoms with van der Waals surface area (Å²) in [6, 6.07) is 45.4. The molecule has 0 saturated carbocycles. The van der Waals surface area contributed by atoms with Gasteiger partial charge in [-0.1, -0.05) is 121 Å². The fraction of sp³-hybridized carbons (Fsp3) is 0. The van der Waals surface area contributed by atoms with Gasteiger partial charge in [0.1, 0.15) is 0 Å². The van der Waals surface area contributed by atoms with E-state index in [0.29, 0.717) is 11.3 Å². The van der Waals surface area contributed by atoms with Crippen molar-refractivity contribution in [2.24, 2.45) is 15.0 Å². The van der Waals surface area contributed by atoms with Crippen LogP contribution in [0.2, 0.25) is 0 Å². The standard InChI is InChI=1S/C45H29N5/c46-28-33-27-40-43(31-17-9-3-10-18-31)38-24-23-36(48-38)41(29-13-5-1-6-14-29)34-21-22-35(47-34)42(30-15-7-2-8-16-30)37-25-26-39(49-37)44(45(33)50-40)32-19-11-4-12-20-32/h1-27,46,48H. The quantitative estimate of drug-likeness (QED) is 0.189. The molecule has 0 unspecified atom stereocenters. The van der Waals surface area contributed by atoms with Gasteiger partial charge in [0.05, 0.1) is 39.8 Å². The van der Waals surface area contributed by atoms with E-state index < -0.39 is 0 Å². The van der Waals surface area contributed by atoms with Crippen molar-refractivity contribution in [1.82, 2.24) is 4.98 Å². The minimum absolute atomic E-state index is 0.596. The molecular weight excluding hydrogens is 611 g/mol. The molecule has 234 valence electrons. The predicted octanol–water partition coefficient (Wildman–Crippen LogP) is 7.78. The van der Waals surface area contributed by atoms with Crippen LogP contribution >= 0.6 is 0 Å². The Hall–Kier alpha value is -6.94. The lowest BCUT2D eigenvalue weighted by Gasteiger charge is -2.12. The molecule has 5 aromatic rings. The number of benzene rings is 4. The molecule has 4 aliphatic rings. The summed E-state index contributed by atoms with van der Waals surface area (Å²) in [6.45, 7) is 0. The number of aromatic amines is 1. The van der Waals surface area contributed by atoms with Gasteiger partial charge >= 0.3 is 0 Å². The lowest BCUT2D eigenvalue weighted by molar-refractivity contribution is 1.24. The van der Waals surface area contributed by atoms with Gasteiger partial charge in [-0.2, -0.15) is 0 Å². The number of hydrogen-bond acceptors (Lipinski definition) is 4. The molecule has 50 heavy (non-hydrogen) atoms. The Morgan fingerprint density at radius 3 is 1.42 bits per heavy atom. The van der Waals surface area contributed by atoms with E-state index in [4.69, 9.17) is 20.4 Å². The molecule has 4 aromatic carbocycles. The molecule has 5 nitrogen and oxygen atoms in total. The minimum atomic E-state index is 0.596. The molecule has 8 bridgehead atoms. The van der Waals surface area contributed by atoms with E-state index in [1.165, 1.54) is 0 Å². The Bertz CT molecular complexity index is 2640. The van der Waals surface area contributed by atoms with Crippen molar-refractivity contribution in [2.75, 3.05) is 0 Å². The average molecular weight is 640 g/mol. The number of nitrogens with one attached hydrogen (secondary N) is 2. The van der Waals surface area contributed by atoms with Crippen LogP contribution < -0.4 is 10.7 Å². The van der Waals surface area contributed by atoms with Crippen molar-refractivity contribution in [3.63, 3.8) is 0 Å². The zero-order valence-electron chi connectivity index (χ0n) is 26.9. The topological polar surface area (TPSA) is 76.7 Å². The molecule has 5 heteroatoms. The van der Waals surface area contributed by atoms with E-state index in [9.17, 15) is 0 Å². The molecule has 0 spiro atoms. The summed E-state index contributed by atoms with van der Waals surface area (Å²) < 4.78 is 0. The average Bonchev–Trinajstić information content (AvgIpc) is 4.00. The number of H-pyrrole nitrogens is 1. The van der Waals surface area contributed by atoms with Crippen molar-refractivity contribution in [1.29, 1.82) is 5.41 Å². The highest BCUT2D eigenvalue weighted by atomic mass is 14.9. The molecule has 0 atom stereocenters. The summed E-state index contributed by atoms with van der Waals surface area (Å²) in [6.07, 6.45) is 10.3. The number of hydrogen-bond donors (Lipinski definition) is 2. The fourth-order valence-corrected chi connectivity index (χ4v) is 6.93. The van der Waals surface area contributed by atoms with Crippen LogP contribution in [0.3, 0.4) is 0 Å². The van der Waals surface area contributed by atoms with E-state index in [0.717, 1.165) is 83.8 Å². The van der Waals surface area contributed by atoms with Gasteiger partial charge in [0, 0.05) is 33.0 Å². The molecule has 2 N–H and O–H groups in total. The summed E-state index contributed by atoms with van der Waals surface area (Å²) in [5, 5.41) is 10.3. The number of rotatable bonds is 4. The van der Waals surface area contributed by atoms with E-state index in [1.54, 1.807) is 0 Å². The molecule has 0 amide bonds. The number of fused-ring (bicyclic) bond motifs is 5. The Morgan fingerprint density at radius 2 is 0.880 bits per heavy atom. The molecule has 0 saturated heterocycles. The summed E-state index contributed by atoms with van der Waals surface area (Å²) in [5.41, 5.74) is 13.0. The maximum absolute atomic E-state index is 8.43. The summed E-state index contributed by atoms with van der Waals surface area (Å²) in [5.74, 6) is 2.71. The zero-order chi connectivity index (χ0) is 33.4. The van der Waals surface area contributed by atoms with Crippen LogP contribution in [0.15, 0.2) is 201 Å². The lowest BCUT2D eigenvalue weighted by Crippen LogP contribution is -2.19. The first kappa shape index (κ1) is 29.2. The van der Waals surface area contributed by atoms with Gasteiger partial charge < -0.3 is 4.98 Å². The van der Waals surface area contributed by atoms with E-state index in [2.05, 4.69) is 102 Å². The molecule has 1 aromatic heterocycles. The van der Waals surface area contributed by atoms with Crippen LogP contribution in [0.5, 0.6) is 0 Å². The fourth-order valence-electron chi connectivity index (χ4n) is 6.93. The maximum Gasteiger partial charge on any atom is 0.0903 e. The summed E-state index contributed by atoms with van der Waals surface area (Å²) >= 11 is 0. The molecule has 4 aliphatic heterocycles. The zero-order valence-corrected chi connectivity index (χ0v) is 26.9. The summed E-state index contributed by atoms with van der Waals surface area (Å²) in [4.78, 5) is 19.7. The highest BCUT2D eigenvalue weighted by Gasteiger charge is 2.28. The van der Waals surface area contributed by atoms with Crippen molar-refractivity contribution in [2.45, 2.75) is 0 Å². The van der Waals surface area contributed by atoms with Crippen LogP contribution in [-0.4, -0.2) is 28.0 Å². The monoisotopic (exact) mass is 639 g/mol. The van der Waals surface area contributed by atoms with Crippen LogP contribution in [0, 0.1) is 5.41 Å². The highest BCUT2D eigenvalue weighted by molar-refractivity contribution is 6.40. The molecule has 0 radical (unpaired) electrons. The molecular formula is C45H29N5. The second kappa shape index (κ2) is 12.3. The second-order valence-corrected chi connectivity index (χ2v) is 12.2. The predicted molar refractivity (Wildman–Crippen MR) is 205 cm³/mol. The maximum atomic E-state index is 8.43. The number of nitrogens with zero attached hydrogens (tertiary/aromatic N) is 3. The normalized spacial score (nSPS) is 16.4. The third-order valence-electron chi connectivity index (χ3n) is 9.18. The van der Waals surface area contributed by atoms with Crippen LogP contribution in [0.4, 0.5) is 0 Å². The molecule has 5 heterocycles. The van der Waals surface area contributed by atoms with E-state index >= 15 is 0 Å². The molecule has 9 rings (SSSR count). The Balaban J connectivity index is 1.43. The van der Waals surface area contributed by atoms with Crippen molar-refractivity contribution in [3.8, 4) is 0 Å². The third kappa shape index (κ3) is 5.06. The van der Waals surface area contributed by atoms with E-state index in [1.807, 2.05) is 72.8 Å². The summed E-state index contributed by atoms with van der Waals surface area (Å²) in [7, 11) is 0. The Kier molecular flexibility index (Phi) is 7.16. The van der Waals surface area contributed by atoms with Crippen molar-refractivity contribution < 1.29 is 0 Å². The Labute approximate surface area is 289 Å². The number of allylic oxidation sites excluding steroid dienone is 9. The van der Waals surface area contributed by atoms with Gasteiger partial charge in [-0.25, -0.2) is 15.0 Å². The Morgan fingerprint density at radius 1 is 0.440 bits per heavy atom. The van der Waals surface area contributed by atoms with Gasteiger partial charge in [-0.05, 0) is 70.6 Å². The number of aromatic nitrogens is 1. The van der Waals surface area contributed by atoms with Gasteiger partial charge in [0.2, 0.25) is 0 Å². The first-order valence-corrected chi connectivity index (χ1v) is 16.5. The number of aliphatic imine (C=N–C) groups is 3. The SMILES string of the molecule is N=C=C1C=C2N=C1C(c1ccccc1)=C1C=CC(=N1)C(c1ccccc1)=C1C=CC(=N1)C(c1ccccc1)=c1ccc([nH]1)=C2c1ccccc1. The minimum Gasteiger partial charge on any atom is -0.354 e. The van der Waals surface area contributed by atoms with Crippen molar-refractivity contribution >= 4 is 45.3 Å².